The average Bonchev–Trinajstić information content (AvgIpc) is 3.17. The van der Waals surface area contributed by atoms with Gasteiger partial charge in [-0.3, -0.25) is 18.6 Å². The Morgan fingerprint density at radius 2 is 1.84 bits per heavy atom. The van der Waals surface area contributed by atoms with Crippen molar-refractivity contribution in [2.24, 2.45) is 5.92 Å². The summed E-state index contributed by atoms with van der Waals surface area (Å²) in [7, 11) is 0. The highest BCUT2D eigenvalue weighted by molar-refractivity contribution is 7.99. The van der Waals surface area contributed by atoms with Crippen LogP contribution in [0.1, 0.15) is 25.8 Å². The molecule has 0 unspecified atom stereocenters. The zero-order valence-corrected chi connectivity index (χ0v) is 18.6. The number of aromatic nitrogens is 4. The first-order chi connectivity index (χ1) is 14.9. The van der Waals surface area contributed by atoms with Crippen molar-refractivity contribution in [3.05, 3.63) is 64.4 Å². The molecule has 0 aliphatic carbocycles. The summed E-state index contributed by atoms with van der Waals surface area (Å²) >= 11 is 1.30. The second kappa shape index (κ2) is 8.93. The van der Waals surface area contributed by atoms with Gasteiger partial charge in [-0.15, -0.1) is 10.2 Å². The Labute approximate surface area is 184 Å². The second-order valence-corrected chi connectivity index (χ2v) is 8.92. The molecule has 2 aromatic carbocycles. The molecule has 0 aliphatic rings. The number of benzene rings is 2. The van der Waals surface area contributed by atoms with Gasteiger partial charge in [0.05, 0.1) is 16.7 Å². The fourth-order valence-corrected chi connectivity index (χ4v) is 4.12. The zero-order valence-electron chi connectivity index (χ0n) is 17.8. The van der Waals surface area contributed by atoms with Crippen LogP contribution in [0.2, 0.25) is 0 Å². The first kappa shape index (κ1) is 21.1. The molecule has 0 saturated heterocycles. The summed E-state index contributed by atoms with van der Waals surface area (Å²) < 4.78 is 3.56. The number of para-hydroxylation sites is 1. The quantitative estimate of drug-likeness (QED) is 0.442. The number of anilines is 1. The molecule has 0 spiro atoms. The van der Waals surface area contributed by atoms with E-state index in [1.54, 1.807) is 4.57 Å². The molecule has 0 atom stereocenters. The van der Waals surface area contributed by atoms with Crippen LogP contribution in [0.4, 0.5) is 5.69 Å². The minimum absolute atomic E-state index is 0.0650. The SMILES string of the molecule is Cc1ccc(NC(=O)CSc2nnc3n(CCC(C)C)c(=O)c4ccccc4n23)cc1. The lowest BCUT2D eigenvalue weighted by Crippen LogP contribution is -2.24. The van der Waals surface area contributed by atoms with Gasteiger partial charge in [0.25, 0.3) is 5.56 Å². The van der Waals surface area contributed by atoms with Crippen molar-refractivity contribution in [2.45, 2.75) is 38.9 Å². The molecule has 0 radical (unpaired) electrons. The molecule has 7 nitrogen and oxygen atoms in total. The lowest BCUT2D eigenvalue weighted by Gasteiger charge is -2.12. The third kappa shape index (κ3) is 4.49. The van der Waals surface area contributed by atoms with E-state index >= 15 is 0 Å². The van der Waals surface area contributed by atoms with E-state index < -0.39 is 0 Å². The number of hydrogen-bond donors (Lipinski definition) is 1. The summed E-state index contributed by atoms with van der Waals surface area (Å²) in [5, 5.41) is 12.7. The van der Waals surface area contributed by atoms with Gasteiger partial charge >= 0.3 is 0 Å². The lowest BCUT2D eigenvalue weighted by atomic mass is 10.1. The molecule has 1 N–H and O–H groups in total. The van der Waals surface area contributed by atoms with Crippen molar-refractivity contribution in [3.63, 3.8) is 0 Å². The number of nitrogens with one attached hydrogen (secondary N) is 1. The van der Waals surface area contributed by atoms with Crippen molar-refractivity contribution < 1.29 is 4.79 Å². The second-order valence-electron chi connectivity index (χ2n) is 7.98. The third-order valence-electron chi connectivity index (χ3n) is 5.08. The predicted molar refractivity (Wildman–Crippen MR) is 125 cm³/mol. The van der Waals surface area contributed by atoms with Gasteiger partial charge in [-0.1, -0.05) is 55.4 Å². The zero-order chi connectivity index (χ0) is 22.0. The van der Waals surface area contributed by atoms with Gasteiger partial charge in [0.2, 0.25) is 11.7 Å². The van der Waals surface area contributed by atoms with Gasteiger partial charge in [-0.25, -0.2) is 0 Å². The Morgan fingerprint density at radius 3 is 2.58 bits per heavy atom. The minimum atomic E-state index is -0.122. The monoisotopic (exact) mass is 435 g/mol. The van der Waals surface area contributed by atoms with Crippen LogP contribution in [-0.2, 0) is 11.3 Å². The van der Waals surface area contributed by atoms with Crippen molar-refractivity contribution in [2.75, 3.05) is 11.1 Å². The van der Waals surface area contributed by atoms with Gasteiger partial charge in [0.15, 0.2) is 5.16 Å². The van der Waals surface area contributed by atoms with Crippen LogP contribution in [0, 0.1) is 12.8 Å². The molecule has 8 heteroatoms. The molecular formula is C23H25N5O2S. The number of fused-ring (bicyclic) bond motifs is 3. The van der Waals surface area contributed by atoms with Crippen LogP contribution in [0.25, 0.3) is 16.7 Å². The third-order valence-corrected chi connectivity index (χ3v) is 6.00. The Balaban J connectivity index is 1.65. The molecule has 0 aliphatic heterocycles. The average molecular weight is 436 g/mol. The number of amides is 1. The van der Waals surface area contributed by atoms with E-state index in [1.165, 1.54) is 11.8 Å². The molecule has 31 heavy (non-hydrogen) atoms. The highest BCUT2D eigenvalue weighted by atomic mass is 32.2. The molecule has 4 rings (SSSR count). The van der Waals surface area contributed by atoms with Crippen molar-refractivity contribution in [3.8, 4) is 0 Å². The fourth-order valence-electron chi connectivity index (χ4n) is 3.38. The highest BCUT2D eigenvalue weighted by Crippen LogP contribution is 2.22. The van der Waals surface area contributed by atoms with Gasteiger partial charge in [0, 0.05) is 12.2 Å². The molecule has 4 aromatic rings. The van der Waals surface area contributed by atoms with E-state index in [-0.39, 0.29) is 17.2 Å². The number of rotatable bonds is 7. The Kier molecular flexibility index (Phi) is 6.08. The van der Waals surface area contributed by atoms with Gasteiger partial charge in [-0.05, 0) is 43.5 Å². The molecule has 2 aromatic heterocycles. The van der Waals surface area contributed by atoms with Crippen LogP contribution >= 0.6 is 11.8 Å². The first-order valence-corrected chi connectivity index (χ1v) is 11.3. The van der Waals surface area contributed by atoms with E-state index in [2.05, 4.69) is 29.4 Å². The van der Waals surface area contributed by atoms with E-state index in [0.717, 1.165) is 23.2 Å². The van der Waals surface area contributed by atoms with Gasteiger partial charge in [-0.2, -0.15) is 0 Å². The highest BCUT2D eigenvalue weighted by Gasteiger charge is 2.17. The maximum absolute atomic E-state index is 13.1. The van der Waals surface area contributed by atoms with Crippen molar-refractivity contribution in [1.82, 2.24) is 19.2 Å². The number of thioether (sulfide) groups is 1. The topological polar surface area (TPSA) is 81.3 Å². The Bertz CT molecular complexity index is 1290. The van der Waals surface area contributed by atoms with Crippen molar-refractivity contribution >= 4 is 40.0 Å². The standard InChI is InChI=1S/C23H25N5O2S/c1-15(2)12-13-27-21(30)18-6-4-5-7-19(18)28-22(27)25-26-23(28)31-14-20(29)24-17-10-8-16(3)9-11-17/h4-11,15H,12-14H2,1-3H3,(H,24,29). The number of nitrogens with zero attached hydrogens (tertiary/aromatic N) is 4. The molecular weight excluding hydrogens is 410 g/mol. The summed E-state index contributed by atoms with van der Waals surface area (Å²) in [6, 6.07) is 15.1. The Hall–Kier alpha value is -3.13. The van der Waals surface area contributed by atoms with E-state index in [0.29, 0.717) is 28.8 Å². The molecule has 0 saturated carbocycles. The maximum atomic E-state index is 13.1. The summed E-state index contributed by atoms with van der Waals surface area (Å²) in [5.41, 5.74) is 2.58. The maximum Gasteiger partial charge on any atom is 0.262 e. The van der Waals surface area contributed by atoms with Crippen LogP contribution in [0.3, 0.4) is 0 Å². The molecule has 2 heterocycles. The number of carbonyl (C=O) groups is 1. The minimum Gasteiger partial charge on any atom is -0.325 e. The lowest BCUT2D eigenvalue weighted by molar-refractivity contribution is -0.113. The summed E-state index contributed by atoms with van der Waals surface area (Å²) in [6.45, 7) is 6.83. The van der Waals surface area contributed by atoms with E-state index in [9.17, 15) is 9.59 Å². The fraction of sp³-hybridized carbons (Fsp3) is 0.304. The van der Waals surface area contributed by atoms with E-state index in [1.807, 2.05) is 59.9 Å². The summed E-state index contributed by atoms with van der Waals surface area (Å²) in [4.78, 5) is 25.5. The molecule has 0 bridgehead atoms. The molecule has 1 amide bonds. The largest absolute Gasteiger partial charge is 0.325 e. The van der Waals surface area contributed by atoms with Gasteiger partial charge < -0.3 is 5.32 Å². The van der Waals surface area contributed by atoms with E-state index in [4.69, 9.17) is 0 Å². The molecule has 160 valence electrons. The smallest absolute Gasteiger partial charge is 0.262 e. The molecule has 0 fully saturated rings. The van der Waals surface area contributed by atoms with Crippen LogP contribution < -0.4 is 10.9 Å². The number of hydrogen-bond acceptors (Lipinski definition) is 5. The van der Waals surface area contributed by atoms with Crippen LogP contribution in [0.15, 0.2) is 58.5 Å². The first-order valence-electron chi connectivity index (χ1n) is 10.3. The van der Waals surface area contributed by atoms with Crippen molar-refractivity contribution in [1.29, 1.82) is 0 Å². The summed E-state index contributed by atoms with van der Waals surface area (Å²) in [5.74, 6) is 1.03. The number of aryl methyl sites for hydroxylation is 2. The van der Waals surface area contributed by atoms with Crippen LogP contribution in [-0.4, -0.2) is 30.8 Å². The summed E-state index contributed by atoms with van der Waals surface area (Å²) in [6.07, 6.45) is 0.863. The van der Waals surface area contributed by atoms with Crippen LogP contribution in [0.5, 0.6) is 0 Å². The van der Waals surface area contributed by atoms with Gasteiger partial charge in [0.1, 0.15) is 0 Å². The Morgan fingerprint density at radius 1 is 1.10 bits per heavy atom. The normalized spacial score (nSPS) is 11.5. The number of carbonyl (C=O) groups excluding carboxylic acids is 1. The predicted octanol–water partition coefficient (Wildman–Crippen LogP) is 4.13.